The van der Waals surface area contributed by atoms with Crippen LogP contribution in [-0.4, -0.2) is 25.7 Å². The summed E-state index contributed by atoms with van der Waals surface area (Å²) in [6.07, 6.45) is -0.0325. The van der Waals surface area contributed by atoms with E-state index in [1.807, 2.05) is 13.8 Å². The van der Waals surface area contributed by atoms with Crippen LogP contribution in [0.1, 0.15) is 29.8 Å². The van der Waals surface area contributed by atoms with Gasteiger partial charge in [-0.1, -0.05) is 18.2 Å². The van der Waals surface area contributed by atoms with Gasteiger partial charge in [-0.2, -0.15) is 8.78 Å². The van der Waals surface area contributed by atoms with E-state index in [1.165, 1.54) is 13.2 Å². The number of nitrogens with one attached hydrogen (secondary N) is 1. The van der Waals surface area contributed by atoms with E-state index in [0.717, 1.165) is 0 Å². The lowest BCUT2D eigenvalue weighted by Crippen LogP contribution is -2.23. The van der Waals surface area contributed by atoms with E-state index in [1.54, 1.807) is 36.4 Å². The molecule has 2 aromatic rings. The molecule has 2 aromatic carbocycles. The number of amides is 1. The van der Waals surface area contributed by atoms with Gasteiger partial charge in [0.2, 0.25) is 0 Å². The van der Waals surface area contributed by atoms with Crippen LogP contribution >= 0.6 is 0 Å². The Kier molecular flexibility index (Phi) is 6.77. The number of carbonyl (C=O) groups is 1. The molecule has 0 saturated heterocycles. The Bertz CT molecular complexity index is 750. The van der Waals surface area contributed by atoms with Gasteiger partial charge in [0.05, 0.1) is 13.2 Å². The molecule has 26 heavy (non-hydrogen) atoms. The number of ether oxygens (including phenoxy) is 3. The smallest absolute Gasteiger partial charge is 0.387 e. The fourth-order valence-corrected chi connectivity index (χ4v) is 2.30. The van der Waals surface area contributed by atoms with Crippen molar-refractivity contribution in [2.24, 2.45) is 0 Å². The highest BCUT2D eigenvalue weighted by Gasteiger charge is 2.14. The molecule has 7 heteroatoms. The van der Waals surface area contributed by atoms with Crippen LogP contribution in [0.15, 0.2) is 42.5 Å². The van der Waals surface area contributed by atoms with Gasteiger partial charge in [0.25, 0.3) is 5.91 Å². The molecule has 0 radical (unpaired) electrons. The van der Waals surface area contributed by atoms with Crippen molar-refractivity contribution in [1.82, 2.24) is 5.32 Å². The molecule has 1 N–H and O–H groups in total. The minimum atomic E-state index is -2.93. The predicted molar refractivity (Wildman–Crippen MR) is 93.0 cm³/mol. The van der Waals surface area contributed by atoms with Gasteiger partial charge in [0.1, 0.15) is 5.75 Å². The second kappa shape index (κ2) is 9.03. The summed E-state index contributed by atoms with van der Waals surface area (Å²) in [7, 11) is 1.49. The number of halogens is 2. The van der Waals surface area contributed by atoms with Crippen molar-refractivity contribution in [3.63, 3.8) is 0 Å². The Morgan fingerprint density at radius 3 is 2.42 bits per heavy atom. The fraction of sp³-hybridized carbons (Fsp3) is 0.316. The first-order valence-electron chi connectivity index (χ1n) is 8.06. The lowest BCUT2D eigenvalue weighted by Gasteiger charge is -2.15. The molecule has 140 valence electrons. The molecule has 0 saturated carbocycles. The second-order valence-electron chi connectivity index (χ2n) is 5.70. The number of alkyl halides is 2. The van der Waals surface area contributed by atoms with Gasteiger partial charge < -0.3 is 19.5 Å². The summed E-state index contributed by atoms with van der Waals surface area (Å²) < 4.78 is 40.2. The second-order valence-corrected chi connectivity index (χ2v) is 5.70. The van der Waals surface area contributed by atoms with E-state index in [4.69, 9.17) is 9.47 Å². The number of hydrogen-bond acceptors (Lipinski definition) is 4. The van der Waals surface area contributed by atoms with Crippen molar-refractivity contribution in [3.05, 3.63) is 53.6 Å². The maximum absolute atomic E-state index is 12.4. The summed E-state index contributed by atoms with van der Waals surface area (Å²) in [6.45, 7) is 0.899. The molecule has 2 rings (SSSR count). The monoisotopic (exact) mass is 365 g/mol. The van der Waals surface area contributed by atoms with Crippen molar-refractivity contribution >= 4 is 5.91 Å². The van der Waals surface area contributed by atoms with Gasteiger partial charge in [0, 0.05) is 17.7 Å². The van der Waals surface area contributed by atoms with Crippen LogP contribution < -0.4 is 19.5 Å². The number of benzene rings is 2. The van der Waals surface area contributed by atoms with E-state index in [2.05, 4.69) is 10.1 Å². The number of methoxy groups -OCH3 is 1. The molecule has 0 unspecified atom stereocenters. The summed E-state index contributed by atoms with van der Waals surface area (Å²) in [4.78, 5) is 12.4. The topological polar surface area (TPSA) is 56.8 Å². The Labute approximate surface area is 150 Å². The van der Waals surface area contributed by atoms with E-state index < -0.39 is 6.61 Å². The number of rotatable bonds is 8. The van der Waals surface area contributed by atoms with Crippen LogP contribution in [0.25, 0.3) is 0 Å². The largest absolute Gasteiger partial charge is 0.493 e. The highest BCUT2D eigenvalue weighted by molar-refractivity contribution is 5.94. The van der Waals surface area contributed by atoms with Crippen molar-refractivity contribution in [1.29, 1.82) is 0 Å². The lowest BCUT2D eigenvalue weighted by atomic mass is 10.1. The first-order chi connectivity index (χ1) is 12.4. The molecule has 0 bridgehead atoms. The molecule has 0 aliphatic carbocycles. The lowest BCUT2D eigenvalue weighted by molar-refractivity contribution is -0.0504. The molecule has 0 spiro atoms. The van der Waals surface area contributed by atoms with Crippen LogP contribution in [0, 0.1) is 0 Å². The Morgan fingerprint density at radius 1 is 1.04 bits per heavy atom. The summed E-state index contributed by atoms with van der Waals surface area (Å²) in [5.74, 6) is 0.634. The third-order valence-electron chi connectivity index (χ3n) is 3.42. The van der Waals surface area contributed by atoms with Crippen molar-refractivity contribution in [2.75, 3.05) is 7.11 Å². The molecule has 1 amide bonds. The summed E-state index contributed by atoms with van der Waals surface area (Å²) in [5.41, 5.74) is 0.818. The SMILES string of the molecule is COc1cc(C(=O)NCc2ccccc2OC(F)F)ccc1OC(C)C. The standard InChI is InChI=1S/C19H21F2NO4/c1-12(2)25-16-9-8-13(10-17(16)24-3)18(23)22-11-14-6-4-5-7-15(14)26-19(20)21/h4-10,12,19H,11H2,1-3H3,(H,22,23). The summed E-state index contributed by atoms with van der Waals surface area (Å²) >= 11 is 0. The fourth-order valence-electron chi connectivity index (χ4n) is 2.30. The van der Waals surface area contributed by atoms with Crippen molar-refractivity contribution in [3.8, 4) is 17.2 Å². The molecule has 0 heterocycles. The molecule has 0 aliphatic rings. The van der Waals surface area contributed by atoms with Gasteiger partial charge in [-0.25, -0.2) is 0 Å². The summed E-state index contributed by atoms with van der Waals surface area (Å²) in [5, 5.41) is 2.68. The molecular formula is C19H21F2NO4. The molecule has 0 fully saturated rings. The number of carbonyl (C=O) groups excluding carboxylic acids is 1. The van der Waals surface area contributed by atoms with Crippen molar-refractivity contribution < 1.29 is 27.8 Å². The molecule has 0 aliphatic heterocycles. The zero-order valence-electron chi connectivity index (χ0n) is 14.8. The van der Waals surface area contributed by atoms with Crippen LogP contribution in [0.4, 0.5) is 8.78 Å². The van der Waals surface area contributed by atoms with Crippen LogP contribution in [-0.2, 0) is 6.54 Å². The van der Waals surface area contributed by atoms with E-state index in [0.29, 0.717) is 22.6 Å². The minimum absolute atomic E-state index is 0.0288. The van der Waals surface area contributed by atoms with Gasteiger partial charge in [-0.3, -0.25) is 4.79 Å². The molecular weight excluding hydrogens is 344 g/mol. The Hall–Kier alpha value is -2.83. The van der Waals surface area contributed by atoms with Gasteiger partial charge >= 0.3 is 6.61 Å². The number of hydrogen-bond donors (Lipinski definition) is 1. The molecule has 0 atom stereocenters. The highest BCUT2D eigenvalue weighted by Crippen LogP contribution is 2.29. The minimum Gasteiger partial charge on any atom is -0.493 e. The maximum atomic E-state index is 12.4. The van der Waals surface area contributed by atoms with Gasteiger partial charge in [-0.05, 0) is 38.1 Å². The first kappa shape index (κ1) is 19.5. The predicted octanol–water partition coefficient (Wildman–Crippen LogP) is 4.01. The third kappa shape index (κ3) is 5.34. The van der Waals surface area contributed by atoms with Crippen LogP contribution in [0.3, 0.4) is 0 Å². The van der Waals surface area contributed by atoms with Crippen LogP contribution in [0.5, 0.6) is 17.2 Å². The van der Waals surface area contributed by atoms with E-state index in [9.17, 15) is 13.6 Å². The Morgan fingerprint density at radius 2 is 1.77 bits per heavy atom. The van der Waals surface area contributed by atoms with Gasteiger partial charge in [-0.15, -0.1) is 0 Å². The molecule has 5 nitrogen and oxygen atoms in total. The highest BCUT2D eigenvalue weighted by atomic mass is 19.3. The average Bonchev–Trinajstić information content (AvgIpc) is 2.60. The maximum Gasteiger partial charge on any atom is 0.387 e. The third-order valence-corrected chi connectivity index (χ3v) is 3.42. The average molecular weight is 365 g/mol. The zero-order chi connectivity index (χ0) is 19.1. The van der Waals surface area contributed by atoms with Crippen molar-refractivity contribution in [2.45, 2.75) is 33.1 Å². The summed E-state index contributed by atoms with van der Waals surface area (Å²) in [6, 6.07) is 11.1. The quantitative estimate of drug-likeness (QED) is 0.768. The Balaban J connectivity index is 2.09. The normalized spacial score (nSPS) is 10.7. The van der Waals surface area contributed by atoms with Gasteiger partial charge in [0.15, 0.2) is 11.5 Å². The first-order valence-corrected chi connectivity index (χ1v) is 8.06. The molecule has 0 aromatic heterocycles. The van der Waals surface area contributed by atoms with Crippen LogP contribution in [0.2, 0.25) is 0 Å². The van der Waals surface area contributed by atoms with E-state index >= 15 is 0 Å². The zero-order valence-corrected chi connectivity index (χ0v) is 14.8. The number of para-hydroxylation sites is 1. The van der Waals surface area contributed by atoms with E-state index in [-0.39, 0.29) is 24.3 Å².